The average molecular weight is 129 g/mol. The van der Waals surface area contributed by atoms with Gasteiger partial charge < -0.3 is 5.32 Å². The van der Waals surface area contributed by atoms with Crippen molar-refractivity contribution in [2.45, 2.75) is 20.8 Å². The van der Waals surface area contributed by atoms with Crippen molar-refractivity contribution in [3.63, 3.8) is 0 Å². The fourth-order valence-corrected chi connectivity index (χ4v) is 0.505. The molecule has 0 spiro atoms. The van der Waals surface area contributed by atoms with Crippen molar-refractivity contribution in [2.75, 3.05) is 13.1 Å². The summed E-state index contributed by atoms with van der Waals surface area (Å²) in [7, 11) is 0. The van der Waals surface area contributed by atoms with Crippen molar-refractivity contribution in [3.8, 4) is 0 Å². The molecule has 0 fully saturated rings. The lowest BCUT2D eigenvalue weighted by atomic mass is 10.1. The van der Waals surface area contributed by atoms with E-state index in [4.69, 9.17) is 0 Å². The number of carbonyl (C=O) groups is 1. The largest absolute Gasteiger partial charge is 0.316 e. The highest BCUT2D eigenvalue weighted by Gasteiger charge is 2.04. The molecule has 0 saturated carbocycles. The lowest BCUT2D eigenvalue weighted by Gasteiger charge is -2.05. The monoisotopic (exact) mass is 129 g/mol. The van der Waals surface area contributed by atoms with E-state index in [9.17, 15) is 4.79 Å². The fraction of sp³-hybridized carbons (Fsp3) is 0.857. The van der Waals surface area contributed by atoms with E-state index >= 15 is 0 Å². The molecule has 2 heteroatoms. The molecule has 0 unspecified atom stereocenters. The first-order valence-electron chi connectivity index (χ1n) is 3.39. The van der Waals surface area contributed by atoms with Crippen LogP contribution in [0.15, 0.2) is 0 Å². The standard InChI is InChI=1S/C7H15NO/c1-4-8-5-6(2)7(3)9/h6,8H,4-5H2,1-3H3/t6-/m0/s1. The molecule has 0 aliphatic carbocycles. The van der Waals surface area contributed by atoms with E-state index in [-0.39, 0.29) is 11.7 Å². The van der Waals surface area contributed by atoms with Gasteiger partial charge in [-0.15, -0.1) is 0 Å². The predicted octanol–water partition coefficient (Wildman–Crippen LogP) is 0.821. The Morgan fingerprint density at radius 1 is 1.67 bits per heavy atom. The normalized spacial score (nSPS) is 13.2. The van der Waals surface area contributed by atoms with Crippen LogP contribution in [0.3, 0.4) is 0 Å². The van der Waals surface area contributed by atoms with Crippen molar-refractivity contribution >= 4 is 5.78 Å². The molecule has 54 valence electrons. The van der Waals surface area contributed by atoms with E-state index in [1.807, 2.05) is 13.8 Å². The summed E-state index contributed by atoms with van der Waals surface area (Å²) in [6, 6.07) is 0. The van der Waals surface area contributed by atoms with Crippen molar-refractivity contribution in [1.29, 1.82) is 0 Å². The minimum atomic E-state index is 0.171. The first kappa shape index (κ1) is 8.63. The molecule has 0 saturated heterocycles. The van der Waals surface area contributed by atoms with Gasteiger partial charge in [0, 0.05) is 12.5 Å². The first-order chi connectivity index (χ1) is 4.18. The molecule has 0 bridgehead atoms. The number of rotatable bonds is 4. The van der Waals surface area contributed by atoms with Gasteiger partial charge in [-0.05, 0) is 13.5 Å². The van der Waals surface area contributed by atoms with E-state index in [0.29, 0.717) is 0 Å². The van der Waals surface area contributed by atoms with Crippen LogP contribution in [0, 0.1) is 5.92 Å². The van der Waals surface area contributed by atoms with Gasteiger partial charge in [-0.25, -0.2) is 0 Å². The molecule has 0 amide bonds. The second-order valence-electron chi connectivity index (χ2n) is 2.32. The second-order valence-corrected chi connectivity index (χ2v) is 2.32. The Morgan fingerprint density at radius 3 is 2.56 bits per heavy atom. The SMILES string of the molecule is CCNC[C@H](C)C(C)=O. The summed E-state index contributed by atoms with van der Waals surface area (Å²) in [4.78, 5) is 10.6. The Labute approximate surface area is 56.6 Å². The molecule has 0 aliphatic rings. The Bertz CT molecular complexity index is 90.9. The zero-order chi connectivity index (χ0) is 7.28. The van der Waals surface area contributed by atoms with E-state index in [0.717, 1.165) is 13.1 Å². The summed E-state index contributed by atoms with van der Waals surface area (Å²) in [6.07, 6.45) is 0. The number of Topliss-reactive ketones (excluding diaryl/α,β-unsaturated/α-hetero) is 1. The molecule has 0 rings (SSSR count). The first-order valence-corrected chi connectivity index (χ1v) is 3.39. The number of hydrogen-bond donors (Lipinski definition) is 1. The summed E-state index contributed by atoms with van der Waals surface area (Å²) in [6.45, 7) is 7.35. The van der Waals surface area contributed by atoms with Gasteiger partial charge in [-0.1, -0.05) is 13.8 Å². The Morgan fingerprint density at radius 2 is 2.22 bits per heavy atom. The van der Waals surface area contributed by atoms with Gasteiger partial charge in [0.1, 0.15) is 5.78 Å². The molecular formula is C7H15NO. The van der Waals surface area contributed by atoms with Crippen LogP contribution in [-0.2, 0) is 4.79 Å². The number of ketones is 1. The number of hydrogen-bond acceptors (Lipinski definition) is 2. The summed E-state index contributed by atoms with van der Waals surface area (Å²) >= 11 is 0. The van der Waals surface area contributed by atoms with Gasteiger partial charge in [0.05, 0.1) is 0 Å². The van der Waals surface area contributed by atoms with Crippen LogP contribution in [0.25, 0.3) is 0 Å². The minimum Gasteiger partial charge on any atom is -0.316 e. The van der Waals surface area contributed by atoms with Crippen molar-refractivity contribution in [3.05, 3.63) is 0 Å². The third-order valence-electron chi connectivity index (χ3n) is 1.39. The average Bonchev–Trinajstić information content (AvgIpc) is 1.82. The van der Waals surface area contributed by atoms with Gasteiger partial charge in [-0.3, -0.25) is 4.79 Å². The van der Waals surface area contributed by atoms with Crippen LogP contribution in [0.2, 0.25) is 0 Å². The highest BCUT2D eigenvalue weighted by Crippen LogP contribution is 1.92. The Kier molecular flexibility index (Phi) is 4.32. The molecule has 0 aliphatic heterocycles. The lowest BCUT2D eigenvalue weighted by Crippen LogP contribution is -2.24. The molecular weight excluding hydrogens is 114 g/mol. The van der Waals surface area contributed by atoms with E-state index in [1.165, 1.54) is 0 Å². The molecule has 0 aromatic rings. The summed E-state index contributed by atoms with van der Waals surface area (Å²) in [5.74, 6) is 0.431. The molecule has 9 heavy (non-hydrogen) atoms. The van der Waals surface area contributed by atoms with E-state index in [1.54, 1.807) is 6.92 Å². The topological polar surface area (TPSA) is 29.1 Å². The maximum atomic E-state index is 10.6. The lowest BCUT2D eigenvalue weighted by molar-refractivity contribution is -0.120. The van der Waals surface area contributed by atoms with Crippen LogP contribution in [-0.4, -0.2) is 18.9 Å². The predicted molar refractivity (Wildman–Crippen MR) is 38.4 cm³/mol. The van der Waals surface area contributed by atoms with Crippen LogP contribution in [0.1, 0.15) is 20.8 Å². The van der Waals surface area contributed by atoms with Crippen LogP contribution < -0.4 is 5.32 Å². The van der Waals surface area contributed by atoms with Gasteiger partial charge in [0.25, 0.3) is 0 Å². The van der Waals surface area contributed by atoms with Gasteiger partial charge in [0.15, 0.2) is 0 Å². The molecule has 0 heterocycles. The molecule has 1 atom stereocenters. The van der Waals surface area contributed by atoms with Gasteiger partial charge in [-0.2, -0.15) is 0 Å². The van der Waals surface area contributed by atoms with Gasteiger partial charge >= 0.3 is 0 Å². The van der Waals surface area contributed by atoms with Gasteiger partial charge in [0.2, 0.25) is 0 Å². The number of nitrogens with one attached hydrogen (secondary N) is 1. The fourth-order valence-electron chi connectivity index (χ4n) is 0.505. The zero-order valence-corrected chi connectivity index (χ0v) is 6.40. The molecule has 1 N–H and O–H groups in total. The molecule has 2 nitrogen and oxygen atoms in total. The molecule has 0 radical (unpaired) electrons. The zero-order valence-electron chi connectivity index (χ0n) is 6.40. The van der Waals surface area contributed by atoms with Crippen molar-refractivity contribution in [1.82, 2.24) is 5.32 Å². The number of carbonyl (C=O) groups excluding carboxylic acids is 1. The van der Waals surface area contributed by atoms with E-state index in [2.05, 4.69) is 5.32 Å². The third-order valence-corrected chi connectivity index (χ3v) is 1.39. The van der Waals surface area contributed by atoms with Crippen molar-refractivity contribution < 1.29 is 4.79 Å². The van der Waals surface area contributed by atoms with E-state index < -0.39 is 0 Å². The summed E-state index contributed by atoms with van der Waals surface area (Å²) in [5.41, 5.74) is 0. The Hall–Kier alpha value is -0.370. The van der Waals surface area contributed by atoms with Crippen LogP contribution in [0.5, 0.6) is 0 Å². The third kappa shape index (κ3) is 4.15. The minimum absolute atomic E-state index is 0.171. The smallest absolute Gasteiger partial charge is 0.133 e. The quantitative estimate of drug-likeness (QED) is 0.609. The highest BCUT2D eigenvalue weighted by molar-refractivity contribution is 5.78. The highest BCUT2D eigenvalue weighted by atomic mass is 16.1. The maximum absolute atomic E-state index is 10.6. The maximum Gasteiger partial charge on any atom is 0.133 e. The summed E-state index contributed by atoms with van der Waals surface area (Å²) < 4.78 is 0. The summed E-state index contributed by atoms with van der Waals surface area (Å²) in [5, 5.41) is 3.11. The Balaban J connectivity index is 3.27. The molecule has 0 aromatic carbocycles. The van der Waals surface area contributed by atoms with Crippen LogP contribution >= 0.6 is 0 Å². The molecule has 0 aromatic heterocycles. The van der Waals surface area contributed by atoms with Crippen LogP contribution in [0.4, 0.5) is 0 Å². The van der Waals surface area contributed by atoms with Crippen molar-refractivity contribution in [2.24, 2.45) is 5.92 Å². The second kappa shape index (κ2) is 4.50.